The van der Waals surface area contributed by atoms with E-state index in [0.717, 1.165) is 25.7 Å². The zero-order valence-corrected chi connectivity index (χ0v) is 17.5. The van der Waals surface area contributed by atoms with Crippen molar-refractivity contribution in [2.75, 3.05) is 0 Å². The molecule has 1 aliphatic carbocycles. The molecule has 0 atom stereocenters. The maximum absolute atomic E-state index is 12.8. The third-order valence-electron chi connectivity index (χ3n) is 5.34. The van der Waals surface area contributed by atoms with Crippen LogP contribution in [0.4, 0.5) is 0 Å². The minimum Gasteiger partial charge on any atom is -0.452 e. The summed E-state index contributed by atoms with van der Waals surface area (Å²) in [7, 11) is 0. The highest BCUT2D eigenvalue weighted by Crippen LogP contribution is 2.38. The van der Waals surface area contributed by atoms with Crippen LogP contribution >= 0.6 is 23.2 Å². The topological polar surface area (TPSA) is 52.6 Å². The third kappa shape index (κ3) is 4.19. The molecular formula is C23H20Cl2O4. The molecule has 2 aromatic rings. The fourth-order valence-electron chi connectivity index (χ4n) is 3.83. The molecule has 0 saturated heterocycles. The second-order valence-electron chi connectivity index (χ2n) is 7.48. The van der Waals surface area contributed by atoms with E-state index < -0.39 is 0 Å². The van der Waals surface area contributed by atoms with Crippen LogP contribution in [-0.2, 0) is 4.79 Å². The largest absolute Gasteiger partial charge is 0.452 e. The van der Waals surface area contributed by atoms with Crippen molar-refractivity contribution in [3.63, 3.8) is 0 Å². The van der Waals surface area contributed by atoms with E-state index in [0.29, 0.717) is 38.2 Å². The molecule has 1 heterocycles. The number of halogens is 2. The number of rotatable bonds is 3. The summed E-state index contributed by atoms with van der Waals surface area (Å²) in [5, 5.41) is 0.841. The number of ketones is 1. The molecule has 1 saturated carbocycles. The van der Waals surface area contributed by atoms with E-state index >= 15 is 0 Å². The second-order valence-corrected chi connectivity index (χ2v) is 8.30. The normalized spacial score (nSPS) is 17.9. The van der Waals surface area contributed by atoms with Crippen LogP contribution in [-0.4, -0.2) is 11.8 Å². The number of hydrogen-bond acceptors (Lipinski definition) is 4. The predicted molar refractivity (Wildman–Crippen MR) is 113 cm³/mol. The fourth-order valence-corrected chi connectivity index (χ4v) is 4.13. The average Bonchev–Trinajstić information content (AvgIpc) is 3.01. The fraction of sp³-hybridized carbons (Fsp3) is 0.304. The number of ether oxygens (including phenoxy) is 2. The van der Waals surface area contributed by atoms with Gasteiger partial charge in [0.05, 0.1) is 21.5 Å². The van der Waals surface area contributed by atoms with Crippen molar-refractivity contribution in [2.24, 2.45) is 5.92 Å². The lowest BCUT2D eigenvalue weighted by Crippen LogP contribution is -2.22. The summed E-state index contributed by atoms with van der Waals surface area (Å²) in [4.78, 5) is 25.2. The molecule has 1 aliphatic heterocycles. The summed E-state index contributed by atoms with van der Waals surface area (Å²) in [6, 6.07) is 8.41. The minimum absolute atomic E-state index is 0.0510. The Bertz CT molecular complexity index is 1020. The number of esters is 1. The van der Waals surface area contributed by atoms with Crippen LogP contribution in [0.3, 0.4) is 0 Å². The van der Waals surface area contributed by atoms with Crippen molar-refractivity contribution in [2.45, 2.75) is 39.0 Å². The molecule has 150 valence electrons. The van der Waals surface area contributed by atoms with Crippen molar-refractivity contribution >= 4 is 41.0 Å². The number of fused-ring (bicyclic) bond motifs is 1. The Labute approximate surface area is 179 Å². The highest BCUT2D eigenvalue weighted by Gasteiger charge is 2.31. The van der Waals surface area contributed by atoms with Gasteiger partial charge in [-0.15, -0.1) is 0 Å². The molecule has 0 unspecified atom stereocenters. The van der Waals surface area contributed by atoms with Gasteiger partial charge in [0.2, 0.25) is 5.78 Å². The first-order valence-electron chi connectivity index (χ1n) is 9.68. The van der Waals surface area contributed by atoms with Gasteiger partial charge in [-0.05, 0) is 55.2 Å². The Hall–Kier alpha value is -2.30. The molecule has 2 aromatic carbocycles. The van der Waals surface area contributed by atoms with Crippen LogP contribution in [0, 0.1) is 12.8 Å². The summed E-state index contributed by atoms with van der Waals surface area (Å²) < 4.78 is 11.4. The van der Waals surface area contributed by atoms with Gasteiger partial charge in [0.25, 0.3) is 0 Å². The van der Waals surface area contributed by atoms with Gasteiger partial charge in [-0.25, -0.2) is 0 Å². The maximum Gasteiger partial charge on any atom is 0.314 e. The molecule has 1 fully saturated rings. The second kappa shape index (κ2) is 8.21. The Kier molecular flexibility index (Phi) is 5.66. The van der Waals surface area contributed by atoms with Crippen LogP contribution < -0.4 is 9.47 Å². The van der Waals surface area contributed by atoms with E-state index in [1.54, 1.807) is 43.3 Å². The molecule has 0 bridgehead atoms. The average molecular weight is 431 g/mol. The number of allylic oxidation sites excluding steroid dienone is 1. The van der Waals surface area contributed by atoms with E-state index in [2.05, 4.69) is 0 Å². The molecule has 0 amide bonds. The highest BCUT2D eigenvalue weighted by atomic mass is 35.5. The quantitative estimate of drug-likeness (QED) is 0.320. The van der Waals surface area contributed by atoms with Crippen molar-refractivity contribution in [1.82, 2.24) is 0 Å². The highest BCUT2D eigenvalue weighted by molar-refractivity contribution is 6.42. The van der Waals surface area contributed by atoms with Gasteiger partial charge in [-0.1, -0.05) is 48.5 Å². The lowest BCUT2D eigenvalue weighted by Gasteiger charge is -2.20. The van der Waals surface area contributed by atoms with Gasteiger partial charge < -0.3 is 9.47 Å². The molecule has 6 heteroatoms. The zero-order valence-electron chi connectivity index (χ0n) is 16.0. The van der Waals surface area contributed by atoms with Crippen LogP contribution in [0.5, 0.6) is 11.5 Å². The van der Waals surface area contributed by atoms with E-state index in [9.17, 15) is 9.59 Å². The molecule has 29 heavy (non-hydrogen) atoms. The predicted octanol–water partition coefficient (Wildman–Crippen LogP) is 6.40. The van der Waals surface area contributed by atoms with E-state index in [1.807, 2.05) is 0 Å². The Morgan fingerprint density at radius 3 is 2.59 bits per heavy atom. The van der Waals surface area contributed by atoms with Crippen molar-refractivity contribution in [3.8, 4) is 11.5 Å². The summed E-state index contributed by atoms with van der Waals surface area (Å²) >= 11 is 12.0. The molecule has 4 rings (SSSR count). The Balaban J connectivity index is 1.57. The molecular weight excluding hydrogens is 411 g/mol. The third-order valence-corrected chi connectivity index (χ3v) is 6.08. The molecule has 2 aliphatic rings. The lowest BCUT2D eigenvalue weighted by molar-refractivity contribution is -0.139. The summed E-state index contributed by atoms with van der Waals surface area (Å²) in [6.07, 6.45) is 6.65. The van der Waals surface area contributed by atoms with Crippen LogP contribution in [0.15, 0.2) is 36.1 Å². The van der Waals surface area contributed by atoms with Crippen LogP contribution in [0.1, 0.15) is 53.6 Å². The first kappa shape index (κ1) is 20.0. The van der Waals surface area contributed by atoms with E-state index in [4.69, 9.17) is 32.7 Å². The number of Topliss-reactive ketones (excluding diaryl/α,β-unsaturated/α-hetero) is 1. The lowest BCUT2D eigenvalue weighted by atomic mass is 9.89. The molecule has 0 radical (unpaired) electrons. The standard InChI is InChI=1S/C23H20Cl2O4/c1-13-9-16(28-23(27)15-5-3-2-4-6-15)12-19-21(13)22(26)20(29-19)11-14-7-8-17(24)18(25)10-14/h7-12,15H,2-6H2,1H3/b20-11-. The van der Waals surface area contributed by atoms with Crippen LogP contribution in [0.25, 0.3) is 6.08 Å². The first-order valence-corrected chi connectivity index (χ1v) is 10.4. The number of carbonyl (C=O) groups excluding carboxylic acids is 2. The number of benzene rings is 2. The summed E-state index contributed by atoms with van der Waals surface area (Å²) in [6.45, 7) is 1.81. The smallest absolute Gasteiger partial charge is 0.314 e. The van der Waals surface area contributed by atoms with Gasteiger partial charge in [0.1, 0.15) is 11.5 Å². The molecule has 0 spiro atoms. The Morgan fingerprint density at radius 1 is 1.10 bits per heavy atom. The minimum atomic E-state index is -0.214. The molecule has 0 N–H and O–H groups in total. The first-order chi connectivity index (χ1) is 13.9. The van der Waals surface area contributed by atoms with E-state index in [1.165, 1.54) is 6.42 Å². The van der Waals surface area contributed by atoms with Crippen molar-refractivity contribution < 1.29 is 19.1 Å². The Morgan fingerprint density at radius 2 is 1.86 bits per heavy atom. The van der Waals surface area contributed by atoms with Gasteiger partial charge in [-0.2, -0.15) is 0 Å². The van der Waals surface area contributed by atoms with Gasteiger partial charge in [0, 0.05) is 6.07 Å². The monoisotopic (exact) mass is 430 g/mol. The van der Waals surface area contributed by atoms with Crippen LogP contribution in [0.2, 0.25) is 10.0 Å². The van der Waals surface area contributed by atoms with Gasteiger partial charge in [-0.3, -0.25) is 9.59 Å². The van der Waals surface area contributed by atoms with E-state index in [-0.39, 0.29) is 23.4 Å². The SMILES string of the molecule is Cc1cc(OC(=O)C2CCCCC2)cc2c1C(=O)/C(=C/c1ccc(Cl)c(Cl)c1)O2. The number of carbonyl (C=O) groups is 2. The molecule has 4 nitrogen and oxygen atoms in total. The van der Waals surface area contributed by atoms with Gasteiger partial charge >= 0.3 is 5.97 Å². The maximum atomic E-state index is 12.8. The van der Waals surface area contributed by atoms with Crippen molar-refractivity contribution in [1.29, 1.82) is 0 Å². The number of aryl methyl sites for hydroxylation is 1. The summed E-state index contributed by atoms with van der Waals surface area (Å²) in [5.74, 6) is 0.518. The molecule has 0 aromatic heterocycles. The summed E-state index contributed by atoms with van der Waals surface area (Å²) in [5.41, 5.74) is 1.89. The van der Waals surface area contributed by atoms with Crippen molar-refractivity contribution in [3.05, 3.63) is 62.8 Å². The van der Waals surface area contributed by atoms with Gasteiger partial charge in [0.15, 0.2) is 5.76 Å². The number of hydrogen-bond donors (Lipinski definition) is 0. The zero-order chi connectivity index (χ0) is 20.5.